The molecule has 0 saturated heterocycles. The first-order valence-corrected chi connectivity index (χ1v) is 10.7. The van der Waals surface area contributed by atoms with E-state index in [0.717, 1.165) is 27.7 Å². The van der Waals surface area contributed by atoms with Crippen LogP contribution in [0, 0.1) is 13.8 Å². The Bertz CT molecular complexity index is 1240. The van der Waals surface area contributed by atoms with Crippen LogP contribution < -0.4 is 0 Å². The van der Waals surface area contributed by atoms with E-state index in [9.17, 15) is 5.11 Å². The fraction of sp³-hybridized carbons (Fsp3) is 0.222. The number of quaternary nitrogens is 1. The second kappa shape index (κ2) is 8.52. The van der Waals surface area contributed by atoms with Gasteiger partial charge in [-0.15, -0.1) is 0 Å². The maximum Gasteiger partial charge on any atom is 0.167 e. The summed E-state index contributed by atoms with van der Waals surface area (Å²) in [6.07, 6.45) is 0. The average molecular weight is 426 g/mol. The Morgan fingerprint density at radius 2 is 1.16 bits per heavy atom. The summed E-state index contributed by atoms with van der Waals surface area (Å²) in [7, 11) is 6.52. The Labute approximate surface area is 189 Å². The summed E-state index contributed by atoms with van der Waals surface area (Å²) in [4.78, 5) is 14.2. The zero-order chi connectivity index (χ0) is 22.9. The molecule has 32 heavy (non-hydrogen) atoms. The number of aryl methyl sites for hydroxylation is 2. The average Bonchev–Trinajstić information content (AvgIpc) is 2.73. The van der Waals surface area contributed by atoms with Crippen molar-refractivity contribution < 1.29 is 9.59 Å². The van der Waals surface area contributed by atoms with Crippen molar-refractivity contribution in [3.8, 4) is 39.9 Å². The van der Waals surface area contributed by atoms with E-state index in [2.05, 4.69) is 52.3 Å². The molecule has 4 aromatic rings. The van der Waals surface area contributed by atoms with Crippen LogP contribution in [0.25, 0.3) is 34.2 Å². The van der Waals surface area contributed by atoms with Gasteiger partial charge in [-0.05, 0) is 31.5 Å². The highest BCUT2D eigenvalue weighted by atomic mass is 16.3. The maximum absolute atomic E-state index is 10.5. The summed E-state index contributed by atoms with van der Waals surface area (Å²) >= 11 is 0. The first kappa shape index (κ1) is 21.7. The Morgan fingerprint density at radius 3 is 1.69 bits per heavy atom. The molecule has 1 aromatic heterocycles. The van der Waals surface area contributed by atoms with Gasteiger partial charge in [-0.1, -0.05) is 60.2 Å². The molecule has 0 bridgehead atoms. The van der Waals surface area contributed by atoms with Crippen molar-refractivity contribution in [2.75, 3.05) is 21.1 Å². The van der Waals surface area contributed by atoms with Crippen LogP contribution in [0.15, 0.2) is 66.7 Å². The van der Waals surface area contributed by atoms with Crippen molar-refractivity contribution in [2.24, 2.45) is 0 Å². The first-order valence-electron chi connectivity index (χ1n) is 10.7. The SMILES string of the molecule is Cc1ccc(-c2nc(-c3ccc(C[N+](C)(C)C)cc3)nc(-c3ccc(C)cc3O)n2)cc1. The number of aromatic hydroxyl groups is 1. The normalized spacial score (nSPS) is 11.5. The van der Waals surface area contributed by atoms with E-state index >= 15 is 0 Å². The Balaban J connectivity index is 1.82. The monoisotopic (exact) mass is 425 g/mol. The number of phenolic OH excluding ortho intramolecular Hbond substituents is 1. The minimum Gasteiger partial charge on any atom is -0.507 e. The Hall–Kier alpha value is -3.57. The van der Waals surface area contributed by atoms with E-state index in [0.29, 0.717) is 23.0 Å². The summed E-state index contributed by atoms with van der Waals surface area (Å²) in [6, 6.07) is 22.0. The molecule has 0 aliphatic heterocycles. The van der Waals surface area contributed by atoms with Crippen molar-refractivity contribution in [1.29, 1.82) is 0 Å². The first-order chi connectivity index (χ1) is 15.2. The summed E-state index contributed by atoms with van der Waals surface area (Å²) in [5, 5.41) is 10.5. The zero-order valence-electron chi connectivity index (χ0n) is 19.3. The number of nitrogens with zero attached hydrogens (tertiary/aromatic N) is 4. The lowest BCUT2D eigenvalue weighted by molar-refractivity contribution is -0.884. The predicted molar refractivity (Wildman–Crippen MR) is 129 cm³/mol. The third-order valence-corrected chi connectivity index (χ3v) is 5.21. The van der Waals surface area contributed by atoms with Gasteiger partial charge in [0, 0.05) is 16.7 Å². The van der Waals surface area contributed by atoms with Crippen LogP contribution in [0.4, 0.5) is 0 Å². The topological polar surface area (TPSA) is 58.9 Å². The highest BCUT2D eigenvalue weighted by Gasteiger charge is 2.15. The van der Waals surface area contributed by atoms with Crippen molar-refractivity contribution in [3.05, 3.63) is 83.4 Å². The lowest BCUT2D eigenvalue weighted by Gasteiger charge is -2.23. The van der Waals surface area contributed by atoms with Gasteiger partial charge < -0.3 is 9.59 Å². The molecule has 1 N–H and O–H groups in total. The van der Waals surface area contributed by atoms with Crippen molar-refractivity contribution >= 4 is 0 Å². The molecule has 0 amide bonds. The molecule has 5 nitrogen and oxygen atoms in total. The van der Waals surface area contributed by atoms with E-state index in [4.69, 9.17) is 15.0 Å². The van der Waals surface area contributed by atoms with Gasteiger partial charge >= 0.3 is 0 Å². The van der Waals surface area contributed by atoms with E-state index in [1.807, 2.05) is 43.3 Å². The molecule has 1 heterocycles. The molecule has 4 rings (SSSR count). The van der Waals surface area contributed by atoms with E-state index in [1.54, 1.807) is 6.07 Å². The number of hydrogen-bond donors (Lipinski definition) is 1. The van der Waals surface area contributed by atoms with Crippen LogP contribution in [-0.2, 0) is 6.54 Å². The van der Waals surface area contributed by atoms with Gasteiger partial charge in [-0.2, -0.15) is 0 Å². The van der Waals surface area contributed by atoms with Gasteiger partial charge in [0.25, 0.3) is 0 Å². The molecular formula is C27H29N4O+. The second-order valence-electron chi connectivity index (χ2n) is 9.34. The fourth-order valence-electron chi connectivity index (χ4n) is 3.59. The Kier molecular flexibility index (Phi) is 5.76. The molecule has 3 aromatic carbocycles. The number of aromatic nitrogens is 3. The van der Waals surface area contributed by atoms with Crippen LogP contribution in [0.5, 0.6) is 5.75 Å². The zero-order valence-corrected chi connectivity index (χ0v) is 19.3. The lowest BCUT2D eigenvalue weighted by atomic mass is 10.1. The number of phenols is 1. The summed E-state index contributed by atoms with van der Waals surface area (Å²) < 4.78 is 0.861. The summed E-state index contributed by atoms with van der Waals surface area (Å²) in [6.45, 7) is 4.93. The molecule has 5 heteroatoms. The van der Waals surface area contributed by atoms with Crippen molar-refractivity contribution in [2.45, 2.75) is 20.4 Å². The van der Waals surface area contributed by atoms with Gasteiger partial charge in [0.05, 0.1) is 26.7 Å². The highest BCUT2D eigenvalue weighted by molar-refractivity contribution is 5.70. The molecule has 162 valence electrons. The predicted octanol–water partition coefficient (Wildman–Crippen LogP) is 5.40. The van der Waals surface area contributed by atoms with Crippen molar-refractivity contribution in [3.63, 3.8) is 0 Å². The lowest BCUT2D eigenvalue weighted by Crippen LogP contribution is -2.33. The molecule has 0 radical (unpaired) electrons. The molecule has 0 aliphatic rings. The smallest absolute Gasteiger partial charge is 0.167 e. The van der Waals surface area contributed by atoms with Gasteiger partial charge in [-0.3, -0.25) is 0 Å². The van der Waals surface area contributed by atoms with E-state index in [1.165, 1.54) is 11.1 Å². The third kappa shape index (κ3) is 5.01. The molecule has 0 fully saturated rings. The van der Waals surface area contributed by atoms with E-state index in [-0.39, 0.29) is 5.75 Å². The standard InChI is InChI=1S/C27H28N4O/c1-18-6-11-21(12-7-18)25-28-26(22-13-9-20(10-14-22)17-31(3,4)5)30-27(29-25)23-15-8-19(2)16-24(23)32/h6-16H,17H2,1-5H3/p+1. The number of benzene rings is 3. The quantitative estimate of drug-likeness (QED) is 0.435. The van der Waals surface area contributed by atoms with Crippen LogP contribution >= 0.6 is 0 Å². The number of rotatable bonds is 5. The molecular weight excluding hydrogens is 396 g/mol. The van der Waals surface area contributed by atoms with E-state index < -0.39 is 0 Å². The minimum absolute atomic E-state index is 0.162. The molecule has 0 atom stereocenters. The maximum atomic E-state index is 10.5. The van der Waals surface area contributed by atoms with Gasteiger partial charge in [0.2, 0.25) is 0 Å². The molecule has 0 unspecified atom stereocenters. The third-order valence-electron chi connectivity index (χ3n) is 5.21. The van der Waals surface area contributed by atoms with Gasteiger partial charge in [-0.25, -0.2) is 15.0 Å². The van der Waals surface area contributed by atoms with Crippen LogP contribution in [0.1, 0.15) is 16.7 Å². The van der Waals surface area contributed by atoms with Gasteiger partial charge in [0.15, 0.2) is 17.5 Å². The number of hydrogen-bond acceptors (Lipinski definition) is 4. The van der Waals surface area contributed by atoms with Crippen molar-refractivity contribution in [1.82, 2.24) is 15.0 Å². The molecule has 0 saturated carbocycles. The van der Waals surface area contributed by atoms with Crippen LogP contribution in [0.3, 0.4) is 0 Å². The Morgan fingerprint density at radius 1 is 0.656 bits per heavy atom. The fourth-order valence-corrected chi connectivity index (χ4v) is 3.59. The van der Waals surface area contributed by atoms with Crippen LogP contribution in [-0.4, -0.2) is 45.7 Å². The minimum atomic E-state index is 0.162. The highest BCUT2D eigenvalue weighted by Crippen LogP contribution is 2.30. The van der Waals surface area contributed by atoms with Crippen LogP contribution in [0.2, 0.25) is 0 Å². The summed E-state index contributed by atoms with van der Waals surface area (Å²) in [5.41, 5.74) is 5.83. The molecule has 0 spiro atoms. The second-order valence-corrected chi connectivity index (χ2v) is 9.34. The van der Waals surface area contributed by atoms with Gasteiger partial charge in [0.1, 0.15) is 12.3 Å². The summed E-state index contributed by atoms with van der Waals surface area (Å²) in [5.74, 6) is 1.79. The molecule has 0 aliphatic carbocycles. The largest absolute Gasteiger partial charge is 0.507 e.